The van der Waals surface area contributed by atoms with Gasteiger partial charge in [-0.3, -0.25) is 0 Å². The van der Waals surface area contributed by atoms with E-state index in [1.165, 1.54) is 0 Å². The molecule has 0 saturated carbocycles. The van der Waals surface area contributed by atoms with Crippen molar-refractivity contribution in [1.29, 1.82) is 0 Å². The standard InChI is InChI=1S/C12H23N5/c1-5-16(3)11-9-12(15-10(2)14-11)17(4)8-6-7-13/h9H,5-8,13H2,1-4H3. The fourth-order valence-corrected chi connectivity index (χ4v) is 1.53. The summed E-state index contributed by atoms with van der Waals surface area (Å²) < 4.78 is 0. The Labute approximate surface area is 104 Å². The van der Waals surface area contributed by atoms with Crippen LogP contribution in [0, 0.1) is 6.92 Å². The normalized spacial score (nSPS) is 10.4. The van der Waals surface area contributed by atoms with Gasteiger partial charge < -0.3 is 15.5 Å². The molecule has 0 saturated heterocycles. The van der Waals surface area contributed by atoms with Crippen LogP contribution >= 0.6 is 0 Å². The van der Waals surface area contributed by atoms with E-state index in [0.29, 0.717) is 6.54 Å². The first kappa shape index (κ1) is 13.7. The Balaban J connectivity index is 2.88. The second-order valence-corrected chi connectivity index (χ2v) is 4.21. The van der Waals surface area contributed by atoms with Gasteiger partial charge in [-0.05, 0) is 26.8 Å². The molecule has 0 unspecified atom stereocenters. The van der Waals surface area contributed by atoms with E-state index in [9.17, 15) is 0 Å². The van der Waals surface area contributed by atoms with Crippen LogP contribution in [0.5, 0.6) is 0 Å². The van der Waals surface area contributed by atoms with Crippen LogP contribution in [0.2, 0.25) is 0 Å². The van der Waals surface area contributed by atoms with Crippen molar-refractivity contribution in [2.45, 2.75) is 20.3 Å². The summed E-state index contributed by atoms with van der Waals surface area (Å²) in [6.45, 7) is 6.59. The minimum Gasteiger partial charge on any atom is -0.360 e. The topological polar surface area (TPSA) is 58.3 Å². The predicted molar refractivity (Wildman–Crippen MR) is 72.7 cm³/mol. The summed E-state index contributed by atoms with van der Waals surface area (Å²) in [6.07, 6.45) is 0.971. The lowest BCUT2D eigenvalue weighted by Crippen LogP contribution is -2.24. The summed E-state index contributed by atoms with van der Waals surface area (Å²) in [7, 11) is 4.07. The zero-order chi connectivity index (χ0) is 12.8. The third-order valence-corrected chi connectivity index (χ3v) is 2.77. The molecule has 0 bridgehead atoms. The molecule has 0 atom stereocenters. The maximum Gasteiger partial charge on any atom is 0.134 e. The highest BCUT2D eigenvalue weighted by Crippen LogP contribution is 2.17. The summed E-state index contributed by atoms with van der Waals surface area (Å²) in [5.74, 6) is 2.73. The summed E-state index contributed by atoms with van der Waals surface area (Å²) in [5.41, 5.74) is 5.52. The van der Waals surface area contributed by atoms with Crippen LogP contribution < -0.4 is 15.5 Å². The molecule has 1 heterocycles. The Hall–Kier alpha value is -1.36. The van der Waals surface area contributed by atoms with E-state index in [2.05, 4.69) is 26.7 Å². The number of nitrogens with two attached hydrogens (primary N) is 1. The van der Waals surface area contributed by atoms with Gasteiger partial charge in [0.05, 0.1) is 0 Å². The molecule has 1 rings (SSSR count). The van der Waals surface area contributed by atoms with Gasteiger partial charge in [0.2, 0.25) is 0 Å². The first-order valence-corrected chi connectivity index (χ1v) is 6.06. The summed E-state index contributed by atoms with van der Waals surface area (Å²) >= 11 is 0. The minimum absolute atomic E-state index is 0.704. The number of nitrogens with zero attached hydrogens (tertiary/aromatic N) is 4. The highest BCUT2D eigenvalue weighted by Gasteiger charge is 2.08. The Bertz CT molecular complexity index is 353. The largest absolute Gasteiger partial charge is 0.360 e. The molecule has 0 aromatic carbocycles. The van der Waals surface area contributed by atoms with E-state index < -0.39 is 0 Å². The lowest BCUT2D eigenvalue weighted by atomic mass is 10.3. The number of rotatable bonds is 6. The van der Waals surface area contributed by atoms with Crippen LogP contribution in [-0.2, 0) is 0 Å². The molecule has 0 fully saturated rings. The number of anilines is 2. The number of aromatic nitrogens is 2. The lowest BCUT2D eigenvalue weighted by Gasteiger charge is -2.21. The molecule has 96 valence electrons. The van der Waals surface area contributed by atoms with Crippen LogP contribution in [0.15, 0.2) is 6.07 Å². The first-order chi connectivity index (χ1) is 8.08. The highest BCUT2D eigenvalue weighted by molar-refractivity contribution is 5.50. The monoisotopic (exact) mass is 237 g/mol. The Morgan fingerprint density at radius 1 is 1.18 bits per heavy atom. The van der Waals surface area contributed by atoms with Crippen LogP contribution in [0.3, 0.4) is 0 Å². The van der Waals surface area contributed by atoms with Gasteiger partial charge in [0, 0.05) is 33.3 Å². The molecular weight excluding hydrogens is 214 g/mol. The number of aryl methyl sites for hydroxylation is 1. The van der Waals surface area contributed by atoms with Gasteiger partial charge >= 0.3 is 0 Å². The Kier molecular flexibility index (Phi) is 5.15. The third kappa shape index (κ3) is 3.85. The molecule has 17 heavy (non-hydrogen) atoms. The molecule has 0 aliphatic heterocycles. The van der Waals surface area contributed by atoms with Crippen LogP contribution in [0.4, 0.5) is 11.6 Å². The molecule has 5 nitrogen and oxygen atoms in total. The molecule has 1 aromatic heterocycles. The molecule has 0 spiro atoms. The SMILES string of the molecule is CCN(C)c1cc(N(C)CCCN)nc(C)n1. The summed E-state index contributed by atoms with van der Waals surface area (Å²) in [4.78, 5) is 13.1. The Morgan fingerprint density at radius 3 is 2.29 bits per heavy atom. The average molecular weight is 237 g/mol. The average Bonchev–Trinajstić information content (AvgIpc) is 2.34. The van der Waals surface area contributed by atoms with E-state index >= 15 is 0 Å². The summed E-state index contributed by atoms with van der Waals surface area (Å²) in [5, 5.41) is 0. The van der Waals surface area contributed by atoms with Gasteiger partial charge in [-0.25, -0.2) is 9.97 Å². The van der Waals surface area contributed by atoms with E-state index in [-0.39, 0.29) is 0 Å². The second-order valence-electron chi connectivity index (χ2n) is 4.21. The fraction of sp³-hybridized carbons (Fsp3) is 0.667. The van der Waals surface area contributed by atoms with E-state index in [1.54, 1.807) is 0 Å². The molecule has 0 amide bonds. The van der Waals surface area contributed by atoms with Gasteiger partial charge in [0.1, 0.15) is 17.5 Å². The smallest absolute Gasteiger partial charge is 0.134 e. The first-order valence-electron chi connectivity index (χ1n) is 6.06. The molecule has 0 aliphatic carbocycles. The van der Waals surface area contributed by atoms with Gasteiger partial charge in [0.15, 0.2) is 0 Å². The number of hydrogen-bond acceptors (Lipinski definition) is 5. The van der Waals surface area contributed by atoms with Crippen LogP contribution in [-0.4, -0.2) is 43.7 Å². The van der Waals surface area contributed by atoms with Gasteiger partial charge in [-0.2, -0.15) is 0 Å². The van der Waals surface area contributed by atoms with Crippen molar-refractivity contribution in [3.8, 4) is 0 Å². The maximum atomic E-state index is 5.52. The second kappa shape index (κ2) is 6.39. The molecule has 5 heteroatoms. The molecular formula is C12H23N5. The molecule has 0 aliphatic rings. The molecule has 0 radical (unpaired) electrons. The van der Waals surface area contributed by atoms with Gasteiger partial charge in [-0.1, -0.05) is 0 Å². The quantitative estimate of drug-likeness (QED) is 0.800. The lowest BCUT2D eigenvalue weighted by molar-refractivity contribution is 0.780. The van der Waals surface area contributed by atoms with Crippen LogP contribution in [0.25, 0.3) is 0 Å². The van der Waals surface area contributed by atoms with Crippen molar-refractivity contribution in [3.63, 3.8) is 0 Å². The maximum absolute atomic E-state index is 5.52. The van der Waals surface area contributed by atoms with Gasteiger partial charge in [0.25, 0.3) is 0 Å². The minimum atomic E-state index is 0.704. The van der Waals surface area contributed by atoms with Crippen molar-refractivity contribution < 1.29 is 0 Å². The fourth-order valence-electron chi connectivity index (χ4n) is 1.53. The van der Waals surface area contributed by atoms with E-state index in [4.69, 9.17) is 5.73 Å². The number of hydrogen-bond donors (Lipinski definition) is 1. The van der Waals surface area contributed by atoms with Crippen LogP contribution in [0.1, 0.15) is 19.2 Å². The van der Waals surface area contributed by atoms with E-state index in [0.717, 1.165) is 37.0 Å². The Morgan fingerprint density at radius 2 is 1.76 bits per heavy atom. The molecule has 1 aromatic rings. The summed E-state index contributed by atoms with van der Waals surface area (Å²) in [6, 6.07) is 2.02. The zero-order valence-electron chi connectivity index (χ0n) is 11.3. The zero-order valence-corrected chi connectivity index (χ0v) is 11.3. The van der Waals surface area contributed by atoms with Crippen molar-refractivity contribution >= 4 is 11.6 Å². The van der Waals surface area contributed by atoms with Gasteiger partial charge in [-0.15, -0.1) is 0 Å². The van der Waals surface area contributed by atoms with E-state index in [1.807, 2.05) is 27.1 Å². The van der Waals surface area contributed by atoms with Crippen molar-refractivity contribution in [2.24, 2.45) is 5.73 Å². The van der Waals surface area contributed by atoms with Crippen molar-refractivity contribution in [1.82, 2.24) is 9.97 Å². The predicted octanol–water partition coefficient (Wildman–Crippen LogP) is 1.03. The van der Waals surface area contributed by atoms with Crippen molar-refractivity contribution in [2.75, 3.05) is 43.5 Å². The third-order valence-electron chi connectivity index (χ3n) is 2.77. The van der Waals surface area contributed by atoms with Crippen molar-refractivity contribution in [3.05, 3.63) is 11.9 Å². The highest BCUT2D eigenvalue weighted by atomic mass is 15.2. The molecule has 2 N–H and O–H groups in total.